The first-order chi connectivity index (χ1) is 10.7. The van der Waals surface area contributed by atoms with Crippen molar-refractivity contribution in [1.82, 2.24) is 10.2 Å². The Morgan fingerprint density at radius 3 is 2.27 bits per heavy atom. The summed E-state index contributed by atoms with van der Waals surface area (Å²) in [5.41, 5.74) is 1.05. The van der Waals surface area contributed by atoms with E-state index in [2.05, 4.69) is 17.1 Å². The molecular formula is C17H28N2O3. The average Bonchev–Trinajstić information content (AvgIpc) is 2.56. The van der Waals surface area contributed by atoms with Crippen LogP contribution in [0, 0.1) is 0 Å². The zero-order valence-electron chi connectivity index (χ0n) is 13.9. The highest BCUT2D eigenvalue weighted by Crippen LogP contribution is 2.42. The Morgan fingerprint density at radius 1 is 1.18 bits per heavy atom. The first kappa shape index (κ1) is 16.9. The van der Waals surface area contributed by atoms with E-state index in [1.807, 2.05) is 0 Å². The van der Waals surface area contributed by atoms with Crippen LogP contribution in [-0.2, 0) is 0 Å². The minimum atomic E-state index is 0.173. The van der Waals surface area contributed by atoms with Crippen molar-refractivity contribution >= 4 is 0 Å². The van der Waals surface area contributed by atoms with Crippen molar-refractivity contribution in [2.24, 2.45) is 0 Å². The molecule has 1 aliphatic heterocycles. The van der Waals surface area contributed by atoms with Gasteiger partial charge in [-0.2, -0.15) is 0 Å². The Balaban J connectivity index is 2.40. The maximum atomic E-state index is 9.87. The van der Waals surface area contributed by atoms with Gasteiger partial charge in [0.1, 0.15) is 17.2 Å². The maximum absolute atomic E-state index is 9.87. The number of phenolic OH excluding ortho intramolecular Hbond substituents is 1. The van der Waals surface area contributed by atoms with Crippen LogP contribution in [0.4, 0.5) is 0 Å². The molecule has 1 aromatic rings. The molecule has 1 heterocycles. The smallest absolute Gasteiger partial charge is 0.131 e. The highest BCUT2D eigenvalue weighted by atomic mass is 16.5. The number of methoxy groups -OCH3 is 2. The molecule has 2 N–H and O–H groups in total. The number of benzene rings is 1. The first-order valence-corrected chi connectivity index (χ1v) is 8.10. The van der Waals surface area contributed by atoms with Crippen molar-refractivity contribution in [3.8, 4) is 17.2 Å². The minimum Gasteiger partial charge on any atom is -0.508 e. The van der Waals surface area contributed by atoms with Gasteiger partial charge in [-0.05, 0) is 6.42 Å². The zero-order chi connectivity index (χ0) is 15.9. The standard InChI is InChI=1S/C17H28N2O3/c1-4-5-6-14(19-9-7-18-8-10-19)17-15(21-2)11-13(20)12-16(17)22-3/h11-12,14,18,20H,4-10H2,1-3H3/t14-/m0/s1. The Morgan fingerprint density at radius 2 is 1.77 bits per heavy atom. The van der Waals surface area contributed by atoms with E-state index >= 15 is 0 Å². The fourth-order valence-electron chi connectivity index (χ4n) is 3.15. The third kappa shape index (κ3) is 3.84. The molecule has 1 atom stereocenters. The van der Waals surface area contributed by atoms with Gasteiger partial charge in [-0.15, -0.1) is 0 Å². The SMILES string of the molecule is CCCC[C@@H](c1c(OC)cc(O)cc1OC)N1CCNCC1. The lowest BCUT2D eigenvalue weighted by Crippen LogP contribution is -2.45. The summed E-state index contributed by atoms with van der Waals surface area (Å²) in [7, 11) is 3.29. The third-order valence-corrected chi connectivity index (χ3v) is 4.29. The largest absolute Gasteiger partial charge is 0.508 e. The molecular weight excluding hydrogens is 280 g/mol. The highest BCUT2D eigenvalue weighted by molar-refractivity contribution is 5.52. The average molecular weight is 308 g/mol. The quantitative estimate of drug-likeness (QED) is 0.811. The highest BCUT2D eigenvalue weighted by Gasteiger charge is 2.28. The van der Waals surface area contributed by atoms with E-state index in [0.717, 1.165) is 51.0 Å². The number of piperazine rings is 1. The molecule has 124 valence electrons. The number of hydrogen-bond acceptors (Lipinski definition) is 5. The van der Waals surface area contributed by atoms with E-state index in [1.165, 1.54) is 0 Å². The van der Waals surface area contributed by atoms with E-state index in [1.54, 1.807) is 26.4 Å². The van der Waals surface area contributed by atoms with Crippen molar-refractivity contribution in [3.05, 3.63) is 17.7 Å². The van der Waals surface area contributed by atoms with E-state index in [-0.39, 0.29) is 11.8 Å². The molecule has 1 aromatic carbocycles. The fraction of sp³-hybridized carbons (Fsp3) is 0.647. The van der Waals surface area contributed by atoms with Crippen molar-refractivity contribution in [2.45, 2.75) is 32.2 Å². The molecule has 0 spiro atoms. The second-order valence-electron chi connectivity index (χ2n) is 5.71. The lowest BCUT2D eigenvalue weighted by atomic mass is 9.96. The summed E-state index contributed by atoms with van der Waals surface area (Å²) in [6.45, 7) is 6.25. The molecule has 0 aliphatic carbocycles. The number of phenols is 1. The lowest BCUT2D eigenvalue weighted by Gasteiger charge is -2.36. The van der Waals surface area contributed by atoms with Gasteiger partial charge in [-0.3, -0.25) is 4.90 Å². The Labute approximate surface area is 133 Å². The van der Waals surface area contributed by atoms with Crippen molar-refractivity contribution in [3.63, 3.8) is 0 Å². The van der Waals surface area contributed by atoms with E-state index in [0.29, 0.717) is 11.5 Å². The first-order valence-electron chi connectivity index (χ1n) is 8.10. The van der Waals surface area contributed by atoms with E-state index < -0.39 is 0 Å². The normalized spacial score (nSPS) is 17.2. The van der Waals surface area contributed by atoms with Crippen molar-refractivity contribution in [1.29, 1.82) is 0 Å². The third-order valence-electron chi connectivity index (χ3n) is 4.29. The number of aromatic hydroxyl groups is 1. The molecule has 1 aliphatic rings. The Hall–Kier alpha value is -1.46. The number of nitrogens with one attached hydrogen (secondary N) is 1. The summed E-state index contributed by atoms with van der Waals surface area (Å²) in [5.74, 6) is 1.58. The van der Waals surface area contributed by atoms with Crippen LogP contribution < -0.4 is 14.8 Å². The Kier molecular flexibility index (Phi) is 6.34. The van der Waals surface area contributed by atoms with Crippen LogP contribution >= 0.6 is 0 Å². The molecule has 0 amide bonds. The van der Waals surface area contributed by atoms with Gasteiger partial charge in [-0.25, -0.2) is 0 Å². The summed E-state index contributed by atoms with van der Waals surface area (Å²) in [5, 5.41) is 13.3. The Bertz CT molecular complexity index is 448. The number of unbranched alkanes of at least 4 members (excludes halogenated alkanes) is 1. The van der Waals surface area contributed by atoms with Crippen LogP contribution in [0.2, 0.25) is 0 Å². The summed E-state index contributed by atoms with van der Waals surface area (Å²) in [6, 6.07) is 3.62. The van der Waals surface area contributed by atoms with E-state index in [9.17, 15) is 5.11 Å². The van der Waals surface area contributed by atoms with Gasteiger partial charge in [0.15, 0.2) is 0 Å². The predicted octanol–water partition coefficient (Wildman–Crippen LogP) is 2.55. The summed E-state index contributed by atoms with van der Waals surface area (Å²) in [6.07, 6.45) is 3.38. The van der Waals surface area contributed by atoms with Gasteiger partial charge in [0, 0.05) is 44.4 Å². The molecule has 1 saturated heterocycles. The van der Waals surface area contributed by atoms with Gasteiger partial charge in [0.2, 0.25) is 0 Å². The van der Waals surface area contributed by atoms with Crippen LogP contribution in [0.3, 0.4) is 0 Å². The van der Waals surface area contributed by atoms with Gasteiger partial charge < -0.3 is 19.9 Å². The van der Waals surface area contributed by atoms with Gasteiger partial charge >= 0.3 is 0 Å². The molecule has 5 heteroatoms. The second-order valence-corrected chi connectivity index (χ2v) is 5.71. The molecule has 22 heavy (non-hydrogen) atoms. The number of rotatable bonds is 7. The van der Waals surface area contributed by atoms with Crippen LogP contribution in [0.5, 0.6) is 17.2 Å². The predicted molar refractivity (Wildman–Crippen MR) is 87.9 cm³/mol. The van der Waals surface area contributed by atoms with Gasteiger partial charge in [-0.1, -0.05) is 19.8 Å². The molecule has 1 fully saturated rings. The van der Waals surface area contributed by atoms with Crippen molar-refractivity contribution < 1.29 is 14.6 Å². The topological polar surface area (TPSA) is 54.0 Å². The number of nitrogens with zero attached hydrogens (tertiary/aromatic N) is 1. The van der Waals surface area contributed by atoms with E-state index in [4.69, 9.17) is 9.47 Å². The van der Waals surface area contributed by atoms with Gasteiger partial charge in [0.05, 0.1) is 19.8 Å². The monoisotopic (exact) mass is 308 g/mol. The number of ether oxygens (including phenoxy) is 2. The molecule has 0 aromatic heterocycles. The maximum Gasteiger partial charge on any atom is 0.131 e. The summed E-state index contributed by atoms with van der Waals surface area (Å²) < 4.78 is 11.1. The van der Waals surface area contributed by atoms with Gasteiger partial charge in [0.25, 0.3) is 0 Å². The lowest BCUT2D eigenvalue weighted by molar-refractivity contribution is 0.157. The summed E-state index contributed by atoms with van der Waals surface area (Å²) in [4.78, 5) is 2.49. The van der Waals surface area contributed by atoms with Crippen LogP contribution in [0.15, 0.2) is 12.1 Å². The molecule has 2 rings (SSSR count). The number of hydrogen-bond donors (Lipinski definition) is 2. The fourth-order valence-corrected chi connectivity index (χ4v) is 3.15. The molecule has 0 bridgehead atoms. The summed E-state index contributed by atoms with van der Waals surface area (Å²) >= 11 is 0. The second kappa shape index (κ2) is 8.25. The molecule has 0 unspecified atom stereocenters. The minimum absolute atomic E-state index is 0.173. The van der Waals surface area contributed by atoms with Crippen molar-refractivity contribution in [2.75, 3.05) is 40.4 Å². The molecule has 0 radical (unpaired) electrons. The molecule has 0 saturated carbocycles. The zero-order valence-corrected chi connectivity index (χ0v) is 13.9. The van der Waals surface area contributed by atoms with Crippen LogP contribution in [0.1, 0.15) is 37.8 Å². The van der Waals surface area contributed by atoms with Crippen LogP contribution in [-0.4, -0.2) is 50.4 Å². The molecule has 5 nitrogen and oxygen atoms in total. The van der Waals surface area contributed by atoms with Crippen LogP contribution in [0.25, 0.3) is 0 Å².